The lowest BCUT2D eigenvalue weighted by Gasteiger charge is -2.36. The maximum absolute atomic E-state index is 14.2. The SMILES string of the molecule is COc1cc(N2C(=O)[C@@H]3[C@H]4CCCN4[C@@]4(C(=O)Nc5c4ccc(C)c5C)[C@@H]3C2=O)c(C)cc1[N+](=O)[O-]. The molecule has 3 saturated heterocycles. The number of hydrogen-bond donors (Lipinski definition) is 1. The highest BCUT2D eigenvalue weighted by Gasteiger charge is 2.74. The van der Waals surface area contributed by atoms with Crippen LogP contribution in [0.4, 0.5) is 17.1 Å². The molecule has 4 aliphatic rings. The smallest absolute Gasteiger partial charge is 0.311 e. The number of nitro groups is 1. The number of benzene rings is 2. The second-order valence-electron chi connectivity index (χ2n) is 10.1. The van der Waals surface area contributed by atoms with Crippen molar-refractivity contribution in [3.63, 3.8) is 0 Å². The lowest BCUT2D eigenvalue weighted by molar-refractivity contribution is -0.385. The summed E-state index contributed by atoms with van der Waals surface area (Å²) in [4.78, 5) is 56.1. The Bertz CT molecular complexity index is 1400. The first-order valence-corrected chi connectivity index (χ1v) is 12.0. The molecular weight excluding hydrogens is 464 g/mol. The molecule has 4 atom stereocenters. The minimum absolute atomic E-state index is 0.0366. The van der Waals surface area contributed by atoms with Crippen molar-refractivity contribution >= 4 is 34.8 Å². The van der Waals surface area contributed by atoms with Gasteiger partial charge in [-0.3, -0.25) is 29.4 Å². The normalized spacial score (nSPS) is 28.5. The van der Waals surface area contributed by atoms with Crippen LogP contribution in [-0.4, -0.2) is 47.2 Å². The highest BCUT2D eigenvalue weighted by atomic mass is 16.6. The summed E-state index contributed by atoms with van der Waals surface area (Å²) in [7, 11) is 1.30. The van der Waals surface area contributed by atoms with Crippen LogP contribution >= 0.6 is 0 Å². The summed E-state index contributed by atoms with van der Waals surface area (Å²) in [6.45, 7) is 6.17. The average Bonchev–Trinajstić information content (AvgIpc) is 3.55. The number of nitrogens with zero attached hydrogens (tertiary/aromatic N) is 3. The molecule has 2 aromatic carbocycles. The number of methoxy groups -OCH3 is 1. The number of anilines is 2. The Labute approximate surface area is 207 Å². The molecule has 0 aliphatic carbocycles. The third kappa shape index (κ3) is 2.52. The Morgan fingerprint density at radius 1 is 1.11 bits per heavy atom. The number of imide groups is 1. The number of carbonyl (C=O) groups is 3. The molecule has 0 unspecified atom stereocenters. The number of carbonyl (C=O) groups excluding carboxylic acids is 3. The number of amides is 3. The lowest BCUT2D eigenvalue weighted by atomic mass is 9.75. The summed E-state index contributed by atoms with van der Waals surface area (Å²) in [6, 6.07) is 6.31. The first-order valence-electron chi connectivity index (χ1n) is 12.0. The standard InChI is InChI=1S/C26H26N4O6/c1-12-7-8-15-22(14(12)3)27-25(33)26(15)21-20(16-6-5-9-28(16)26)23(31)29(24(21)32)17-11-19(36-4)18(30(34)35)10-13(17)2/h7-8,10-11,16,20-21H,5-6,9H2,1-4H3,(H,27,33)/t16-,20-,21+,26-/m1/s1. The summed E-state index contributed by atoms with van der Waals surface area (Å²) < 4.78 is 5.21. The van der Waals surface area contributed by atoms with Gasteiger partial charge in [-0.2, -0.15) is 0 Å². The first-order chi connectivity index (χ1) is 17.1. The monoisotopic (exact) mass is 490 g/mol. The van der Waals surface area contributed by atoms with Crippen LogP contribution in [0.3, 0.4) is 0 Å². The van der Waals surface area contributed by atoms with E-state index in [-0.39, 0.29) is 35.0 Å². The molecule has 0 saturated carbocycles. The van der Waals surface area contributed by atoms with Gasteiger partial charge in [0.1, 0.15) is 5.54 Å². The summed E-state index contributed by atoms with van der Waals surface area (Å²) in [5.74, 6) is -2.71. The molecule has 10 heteroatoms. The van der Waals surface area contributed by atoms with E-state index in [0.717, 1.165) is 33.7 Å². The Morgan fingerprint density at radius 3 is 2.56 bits per heavy atom. The highest BCUT2D eigenvalue weighted by Crippen LogP contribution is 2.61. The zero-order valence-corrected chi connectivity index (χ0v) is 20.5. The molecule has 0 bridgehead atoms. The fraction of sp³-hybridized carbons (Fsp3) is 0.423. The van der Waals surface area contributed by atoms with E-state index in [9.17, 15) is 24.5 Å². The summed E-state index contributed by atoms with van der Waals surface area (Å²) in [5.41, 5.74) is 2.59. The minimum Gasteiger partial charge on any atom is -0.490 e. The van der Waals surface area contributed by atoms with Gasteiger partial charge in [0.25, 0.3) is 0 Å². The van der Waals surface area contributed by atoms with E-state index in [1.165, 1.54) is 19.2 Å². The molecule has 1 N–H and O–H groups in total. The van der Waals surface area contributed by atoms with Gasteiger partial charge in [0.2, 0.25) is 17.7 Å². The number of aryl methyl sites for hydroxylation is 2. The number of fused-ring (bicyclic) bond motifs is 7. The van der Waals surface area contributed by atoms with Crippen LogP contribution in [0.1, 0.15) is 35.1 Å². The van der Waals surface area contributed by atoms with Crippen LogP contribution in [0.2, 0.25) is 0 Å². The van der Waals surface area contributed by atoms with Crippen LogP contribution < -0.4 is 15.0 Å². The topological polar surface area (TPSA) is 122 Å². The predicted molar refractivity (Wildman–Crippen MR) is 130 cm³/mol. The quantitative estimate of drug-likeness (QED) is 0.399. The third-order valence-electron chi connectivity index (χ3n) is 8.63. The van der Waals surface area contributed by atoms with Gasteiger partial charge in [-0.15, -0.1) is 0 Å². The summed E-state index contributed by atoms with van der Waals surface area (Å²) >= 11 is 0. The lowest BCUT2D eigenvalue weighted by Crippen LogP contribution is -2.54. The molecule has 1 spiro atoms. The third-order valence-corrected chi connectivity index (χ3v) is 8.63. The number of ether oxygens (including phenoxy) is 1. The van der Waals surface area contributed by atoms with Gasteiger partial charge >= 0.3 is 5.69 Å². The molecule has 2 aromatic rings. The van der Waals surface area contributed by atoms with Crippen LogP contribution in [0.25, 0.3) is 0 Å². The zero-order chi connectivity index (χ0) is 25.7. The van der Waals surface area contributed by atoms with E-state index in [2.05, 4.69) is 10.2 Å². The maximum Gasteiger partial charge on any atom is 0.311 e. The molecule has 186 valence electrons. The molecular formula is C26H26N4O6. The molecule has 4 aliphatic heterocycles. The largest absolute Gasteiger partial charge is 0.490 e. The molecule has 3 fully saturated rings. The van der Waals surface area contributed by atoms with Crippen molar-refractivity contribution in [2.75, 3.05) is 23.9 Å². The van der Waals surface area contributed by atoms with Gasteiger partial charge in [-0.25, -0.2) is 4.90 Å². The summed E-state index contributed by atoms with van der Waals surface area (Å²) in [6.07, 6.45) is 1.54. The Balaban J connectivity index is 1.54. The fourth-order valence-corrected chi connectivity index (χ4v) is 6.97. The van der Waals surface area contributed by atoms with Gasteiger partial charge in [0.05, 0.1) is 29.6 Å². The van der Waals surface area contributed by atoms with Crippen LogP contribution in [-0.2, 0) is 19.9 Å². The first kappa shape index (κ1) is 22.7. The summed E-state index contributed by atoms with van der Waals surface area (Å²) in [5, 5.41) is 14.5. The molecule has 0 aromatic heterocycles. The number of rotatable bonds is 3. The fourth-order valence-electron chi connectivity index (χ4n) is 6.97. The molecule has 0 radical (unpaired) electrons. The van der Waals surface area contributed by atoms with Crippen molar-refractivity contribution in [2.24, 2.45) is 11.8 Å². The second-order valence-corrected chi connectivity index (χ2v) is 10.1. The second kappa shape index (κ2) is 7.36. The van der Waals surface area contributed by atoms with Crippen molar-refractivity contribution in [3.8, 4) is 5.75 Å². The van der Waals surface area contributed by atoms with Gasteiger partial charge in [-0.05, 0) is 56.8 Å². The van der Waals surface area contributed by atoms with Gasteiger partial charge in [-0.1, -0.05) is 12.1 Å². The van der Waals surface area contributed by atoms with E-state index in [4.69, 9.17) is 4.74 Å². The Morgan fingerprint density at radius 2 is 1.86 bits per heavy atom. The van der Waals surface area contributed by atoms with Crippen molar-refractivity contribution in [2.45, 2.75) is 45.2 Å². The Hall–Kier alpha value is -3.79. The Kier molecular flexibility index (Phi) is 4.63. The van der Waals surface area contributed by atoms with Crippen molar-refractivity contribution in [1.82, 2.24) is 4.90 Å². The predicted octanol–water partition coefficient (Wildman–Crippen LogP) is 2.96. The number of hydrogen-bond acceptors (Lipinski definition) is 7. The van der Waals surface area contributed by atoms with Crippen molar-refractivity contribution < 1.29 is 24.0 Å². The van der Waals surface area contributed by atoms with E-state index in [1.54, 1.807) is 6.92 Å². The van der Waals surface area contributed by atoms with E-state index in [1.807, 2.05) is 26.0 Å². The maximum atomic E-state index is 14.2. The van der Waals surface area contributed by atoms with Gasteiger partial charge in [0.15, 0.2) is 5.75 Å². The van der Waals surface area contributed by atoms with Crippen molar-refractivity contribution in [1.29, 1.82) is 0 Å². The average molecular weight is 491 g/mol. The number of nitro benzene ring substituents is 1. The minimum atomic E-state index is -1.26. The molecule has 3 amide bonds. The molecule has 4 heterocycles. The van der Waals surface area contributed by atoms with E-state index < -0.39 is 28.2 Å². The number of nitrogens with one attached hydrogen (secondary N) is 1. The van der Waals surface area contributed by atoms with E-state index >= 15 is 0 Å². The highest BCUT2D eigenvalue weighted by molar-refractivity contribution is 6.26. The molecule has 10 nitrogen and oxygen atoms in total. The van der Waals surface area contributed by atoms with E-state index in [0.29, 0.717) is 18.5 Å². The van der Waals surface area contributed by atoms with Gasteiger partial charge < -0.3 is 10.1 Å². The molecule has 6 rings (SSSR count). The van der Waals surface area contributed by atoms with Crippen LogP contribution in [0.5, 0.6) is 5.75 Å². The van der Waals surface area contributed by atoms with Gasteiger partial charge in [0, 0.05) is 29.4 Å². The zero-order valence-electron chi connectivity index (χ0n) is 20.5. The van der Waals surface area contributed by atoms with Crippen molar-refractivity contribution in [3.05, 3.63) is 56.6 Å². The van der Waals surface area contributed by atoms with Crippen LogP contribution in [0, 0.1) is 42.7 Å². The molecule has 36 heavy (non-hydrogen) atoms. The van der Waals surface area contributed by atoms with Crippen LogP contribution in [0.15, 0.2) is 24.3 Å².